The van der Waals surface area contributed by atoms with Crippen LogP contribution in [0.4, 0.5) is 17.2 Å². The lowest BCUT2D eigenvalue weighted by molar-refractivity contribution is -0.0660. The fourth-order valence-corrected chi connectivity index (χ4v) is 8.19. The van der Waals surface area contributed by atoms with Crippen molar-refractivity contribution in [2.75, 3.05) is 49.6 Å². The molecule has 3 aliphatic rings. The number of piperazine rings is 1. The zero-order chi connectivity index (χ0) is 32.1. The van der Waals surface area contributed by atoms with E-state index < -0.39 is 0 Å². The molecule has 5 aromatic heterocycles. The van der Waals surface area contributed by atoms with Crippen LogP contribution in [-0.4, -0.2) is 79.8 Å². The van der Waals surface area contributed by atoms with E-state index in [1.807, 2.05) is 18.3 Å². The highest BCUT2D eigenvalue weighted by atomic mass is 32.1. The number of aromatic nitrogens is 5. The van der Waals surface area contributed by atoms with Crippen molar-refractivity contribution in [3.8, 4) is 16.9 Å². The van der Waals surface area contributed by atoms with Gasteiger partial charge in [-0.3, -0.25) is 14.5 Å². The number of aryl methyl sites for hydroxylation is 3. The highest BCUT2D eigenvalue weighted by Crippen LogP contribution is 2.35. The van der Waals surface area contributed by atoms with Gasteiger partial charge in [0.15, 0.2) is 5.82 Å². The summed E-state index contributed by atoms with van der Waals surface area (Å²) < 4.78 is 8.80. The maximum atomic E-state index is 13.7. The summed E-state index contributed by atoms with van der Waals surface area (Å²) in [6.07, 6.45) is 11.1. The molecule has 2 saturated heterocycles. The summed E-state index contributed by atoms with van der Waals surface area (Å²) in [5.41, 5.74) is 3.92. The average molecular weight is 653 g/mol. The number of fused-ring (bicyclic) bond motifs is 3. The number of hydrogen-bond acceptors (Lipinski definition) is 11. The van der Waals surface area contributed by atoms with Crippen LogP contribution < -0.4 is 21.3 Å². The molecule has 1 aliphatic carbocycles. The van der Waals surface area contributed by atoms with Gasteiger partial charge in [0.1, 0.15) is 16.2 Å². The Bertz CT molecular complexity index is 2080. The average Bonchev–Trinajstić information content (AvgIpc) is 3.46. The first-order valence-corrected chi connectivity index (χ1v) is 16.9. The molecule has 2 N–H and O–H groups in total. The molecule has 0 amide bonds. The Morgan fingerprint density at radius 3 is 2.60 bits per heavy atom. The predicted octanol–water partition coefficient (Wildman–Crippen LogP) is 3.24. The van der Waals surface area contributed by atoms with Crippen molar-refractivity contribution < 1.29 is 9.84 Å². The number of aliphatic hydroxyl groups is 1. The van der Waals surface area contributed by atoms with Gasteiger partial charge in [-0.05, 0) is 61.1 Å². The van der Waals surface area contributed by atoms with E-state index in [4.69, 9.17) is 4.74 Å². The van der Waals surface area contributed by atoms with Crippen molar-refractivity contribution in [2.24, 2.45) is 7.05 Å². The third-order valence-corrected chi connectivity index (χ3v) is 10.9. The molecule has 0 spiro atoms. The van der Waals surface area contributed by atoms with Gasteiger partial charge < -0.3 is 24.6 Å². The summed E-state index contributed by atoms with van der Waals surface area (Å²) in [4.78, 5) is 42.1. The van der Waals surface area contributed by atoms with Crippen LogP contribution >= 0.6 is 11.3 Å². The SMILES string of the molecule is Cn1cc(-c2ccnc(-n3ncc4c5c(sc4c3=O)CCCC5)c2CO)cc(Nc2ccc(N3CCN(C4COC4)CC3)cn2)c1=O. The maximum absolute atomic E-state index is 13.7. The Labute approximate surface area is 274 Å². The van der Waals surface area contributed by atoms with Gasteiger partial charge in [0, 0.05) is 67.0 Å². The highest BCUT2D eigenvalue weighted by molar-refractivity contribution is 7.19. The second kappa shape index (κ2) is 12.3. The van der Waals surface area contributed by atoms with Crippen molar-refractivity contribution in [3.63, 3.8) is 0 Å². The van der Waals surface area contributed by atoms with Gasteiger partial charge in [0.25, 0.3) is 11.1 Å². The molecule has 242 valence electrons. The molecule has 5 aromatic rings. The Morgan fingerprint density at radius 1 is 1.02 bits per heavy atom. The Balaban J connectivity index is 1.07. The molecule has 0 aromatic carbocycles. The molecule has 8 rings (SSSR count). The third kappa shape index (κ3) is 5.42. The second-order valence-electron chi connectivity index (χ2n) is 12.4. The molecular weight excluding hydrogens is 616 g/mol. The molecule has 0 unspecified atom stereocenters. The predicted molar refractivity (Wildman–Crippen MR) is 182 cm³/mol. The number of ether oxygens (including phenoxy) is 1. The van der Waals surface area contributed by atoms with Gasteiger partial charge >= 0.3 is 0 Å². The number of nitrogens with one attached hydrogen (secondary N) is 1. The fraction of sp³-hybridized carbons (Fsp3) is 0.382. The van der Waals surface area contributed by atoms with Crippen LogP contribution in [0.2, 0.25) is 0 Å². The summed E-state index contributed by atoms with van der Waals surface area (Å²) >= 11 is 1.54. The van der Waals surface area contributed by atoms with E-state index in [-0.39, 0.29) is 23.5 Å². The van der Waals surface area contributed by atoms with E-state index in [2.05, 4.69) is 30.2 Å². The van der Waals surface area contributed by atoms with Gasteiger partial charge in [-0.25, -0.2) is 9.97 Å². The van der Waals surface area contributed by atoms with E-state index in [0.29, 0.717) is 38.9 Å². The first kappa shape index (κ1) is 29.9. The minimum atomic E-state index is -0.372. The standard InChI is InChI=1S/C34H36N8O4S/c1-39-17-21(14-28(33(39)44)38-30-7-6-22(15-36-30)40-10-12-41(13-11-40)23-19-46-20-23)24-8-9-35-32(27(24)18-43)42-34(45)31-26(16-37-42)25-4-2-3-5-29(25)47-31/h6-9,14-17,23,43H,2-5,10-13,18-20H2,1H3,(H,36,38). The molecule has 0 saturated carbocycles. The summed E-state index contributed by atoms with van der Waals surface area (Å²) in [5, 5.41) is 19.2. The maximum Gasteiger partial charge on any atom is 0.290 e. The van der Waals surface area contributed by atoms with E-state index >= 15 is 0 Å². The molecule has 2 aliphatic heterocycles. The lowest BCUT2D eigenvalue weighted by atomic mass is 9.97. The molecule has 12 nitrogen and oxygen atoms in total. The number of hydrogen-bond donors (Lipinski definition) is 2. The van der Waals surface area contributed by atoms with Gasteiger partial charge in [-0.2, -0.15) is 9.78 Å². The minimum Gasteiger partial charge on any atom is -0.392 e. The monoisotopic (exact) mass is 652 g/mol. The summed E-state index contributed by atoms with van der Waals surface area (Å²) in [6, 6.07) is 7.97. The molecular formula is C34H36N8O4S. The van der Waals surface area contributed by atoms with E-state index in [1.54, 1.807) is 49.1 Å². The summed E-state index contributed by atoms with van der Waals surface area (Å²) in [5.74, 6) is 0.819. The van der Waals surface area contributed by atoms with E-state index in [9.17, 15) is 14.7 Å². The number of thiophene rings is 1. The molecule has 13 heteroatoms. The smallest absolute Gasteiger partial charge is 0.290 e. The molecule has 0 atom stereocenters. The van der Waals surface area contributed by atoms with Crippen molar-refractivity contribution >= 4 is 38.6 Å². The molecule has 0 bridgehead atoms. The molecule has 0 radical (unpaired) electrons. The zero-order valence-corrected chi connectivity index (χ0v) is 27.0. The number of anilines is 3. The lowest BCUT2D eigenvalue weighted by Gasteiger charge is -2.43. The Hall–Kier alpha value is -4.43. The quantitative estimate of drug-likeness (QED) is 0.270. The minimum absolute atomic E-state index is 0.222. The lowest BCUT2D eigenvalue weighted by Crippen LogP contribution is -2.56. The number of nitrogens with zero attached hydrogens (tertiary/aromatic N) is 7. The third-order valence-electron chi connectivity index (χ3n) is 9.61. The first-order chi connectivity index (χ1) is 23.0. The van der Waals surface area contributed by atoms with Gasteiger partial charge in [0.2, 0.25) is 0 Å². The Morgan fingerprint density at radius 2 is 1.85 bits per heavy atom. The fourth-order valence-electron chi connectivity index (χ4n) is 6.90. The van der Waals surface area contributed by atoms with Crippen LogP contribution in [0.15, 0.2) is 58.6 Å². The van der Waals surface area contributed by atoms with Crippen LogP contribution in [0.5, 0.6) is 0 Å². The summed E-state index contributed by atoms with van der Waals surface area (Å²) in [7, 11) is 1.68. The van der Waals surface area contributed by atoms with Gasteiger partial charge in [0.05, 0.1) is 43.9 Å². The van der Waals surface area contributed by atoms with Crippen LogP contribution in [0, 0.1) is 0 Å². The largest absolute Gasteiger partial charge is 0.392 e. The van der Waals surface area contributed by atoms with E-state index in [0.717, 1.165) is 76.1 Å². The number of rotatable bonds is 7. The topological polar surface area (TPSA) is 131 Å². The van der Waals surface area contributed by atoms with Crippen molar-refractivity contribution in [1.82, 2.24) is 29.2 Å². The zero-order valence-electron chi connectivity index (χ0n) is 26.2. The van der Waals surface area contributed by atoms with Crippen LogP contribution in [-0.2, 0) is 31.2 Å². The normalized spacial score (nSPS) is 17.1. The van der Waals surface area contributed by atoms with Crippen molar-refractivity contribution in [3.05, 3.63) is 85.8 Å². The van der Waals surface area contributed by atoms with E-state index in [1.165, 1.54) is 19.7 Å². The number of aliphatic hydroxyl groups excluding tert-OH is 1. The Kier molecular flexibility index (Phi) is 7.84. The van der Waals surface area contributed by atoms with Crippen molar-refractivity contribution in [2.45, 2.75) is 38.3 Å². The van der Waals surface area contributed by atoms with Gasteiger partial charge in [-0.1, -0.05) is 0 Å². The second-order valence-corrected chi connectivity index (χ2v) is 13.5. The molecule has 47 heavy (non-hydrogen) atoms. The highest BCUT2D eigenvalue weighted by Gasteiger charge is 2.29. The van der Waals surface area contributed by atoms with Gasteiger partial charge in [-0.15, -0.1) is 11.3 Å². The first-order valence-electron chi connectivity index (χ1n) is 16.1. The van der Waals surface area contributed by atoms with Crippen LogP contribution in [0.25, 0.3) is 27.0 Å². The van der Waals surface area contributed by atoms with Crippen molar-refractivity contribution in [1.29, 1.82) is 0 Å². The number of pyridine rings is 3. The van der Waals surface area contributed by atoms with Crippen LogP contribution in [0.3, 0.4) is 0 Å². The summed E-state index contributed by atoms with van der Waals surface area (Å²) in [6.45, 7) is 5.15. The molecule has 7 heterocycles. The molecule has 2 fully saturated rings. The van der Waals surface area contributed by atoms with Crippen LogP contribution in [0.1, 0.15) is 28.8 Å².